The summed E-state index contributed by atoms with van der Waals surface area (Å²) in [4.78, 5) is 12.2. The first-order chi connectivity index (χ1) is 8.31. The summed E-state index contributed by atoms with van der Waals surface area (Å²) < 4.78 is 10.5. The van der Waals surface area contributed by atoms with Crippen molar-refractivity contribution in [2.45, 2.75) is 0 Å². The second kappa shape index (κ2) is 6.07. The van der Waals surface area contributed by atoms with E-state index in [2.05, 4.69) is 0 Å². The van der Waals surface area contributed by atoms with Crippen LogP contribution in [0.1, 0.15) is 10.4 Å². The van der Waals surface area contributed by atoms with Gasteiger partial charge in [0.15, 0.2) is 5.75 Å². The Bertz CT molecular complexity index is 386. The number of hydrogen-bond acceptors (Lipinski definition) is 3. The molecule has 1 aliphatic rings. The number of para-hydroxylation sites is 1. The second-order valence-electron chi connectivity index (χ2n) is 3.90. The lowest BCUT2D eigenvalue weighted by molar-refractivity contribution is 0.101. The maximum absolute atomic E-state index is 12.2. The van der Waals surface area contributed by atoms with Crippen molar-refractivity contribution in [3.63, 3.8) is 0 Å². The van der Waals surface area contributed by atoms with Crippen LogP contribution in [0.3, 0.4) is 0 Å². The van der Waals surface area contributed by atoms with Crippen molar-refractivity contribution in [2.75, 3.05) is 37.6 Å². The van der Waals surface area contributed by atoms with Crippen LogP contribution in [-0.2, 0) is 15.6 Å². The Morgan fingerprint density at radius 2 is 2.06 bits per heavy atom. The van der Waals surface area contributed by atoms with E-state index in [-0.39, 0.29) is 16.7 Å². The van der Waals surface area contributed by atoms with E-state index in [9.17, 15) is 4.79 Å². The summed E-state index contributed by atoms with van der Waals surface area (Å²) >= 11 is 0. The summed E-state index contributed by atoms with van der Waals surface area (Å²) in [7, 11) is 1.78. The Hall–Kier alpha value is -1.00. The lowest BCUT2D eigenvalue weighted by Crippen LogP contribution is -2.31. The third-order valence-electron chi connectivity index (χ3n) is 2.78. The molecule has 0 amide bonds. The molecular weight excluding hydrogens is 236 g/mol. The molecule has 4 heteroatoms. The molecule has 3 nitrogen and oxygen atoms in total. The van der Waals surface area contributed by atoms with Crippen molar-refractivity contribution >= 4 is 16.7 Å². The van der Waals surface area contributed by atoms with Crippen molar-refractivity contribution in [1.29, 1.82) is 0 Å². The van der Waals surface area contributed by atoms with E-state index in [0.29, 0.717) is 17.1 Å². The fraction of sp³-hybridized carbons (Fsp3) is 0.462. The molecule has 0 atom stereocenters. The fourth-order valence-corrected chi connectivity index (χ4v) is 3.57. The minimum atomic E-state index is 0.184. The summed E-state index contributed by atoms with van der Waals surface area (Å²) in [6, 6.07) is 7.43. The predicted molar refractivity (Wildman–Crippen MR) is 70.1 cm³/mol. The van der Waals surface area contributed by atoms with Gasteiger partial charge < -0.3 is 9.47 Å². The van der Waals surface area contributed by atoms with Gasteiger partial charge in [0.25, 0.3) is 0 Å². The number of methoxy groups -OCH3 is 1. The highest BCUT2D eigenvalue weighted by molar-refractivity contribution is 7.97. The van der Waals surface area contributed by atoms with Gasteiger partial charge in [-0.2, -0.15) is 0 Å². The average molecular weight is 253 g/mol. The molecule has 0 radical (unpaired) electrons. The van der Waals surface area contributed by atoms with Gasteiger partial charge in [-0.1, -0.05) is 12.1 Å². The van der Waals surface area contributed by atoms with Crippen molar-refractivity contribution in [1.82, 2.24) is 0 Å². The van der Waals surface area contributed by atoms with E-state index in [1.54, 1.807) is 7.11 Å². The topological polar surface area (TPSA) is 35.5 Å². The summed E-state index contributed by atoms with van der Waals surface area (Å²) in [5, 5.41) is 0. The van der Waals surface area contributed by atoms with E-state index in [4.69, 9.17) is 9.47 Å². The predicted octanol–water partition coefficient (Wildman–Crippen LogP) is 1.53. The first kappa shape index (κ1) is 12.5. The number of rotatable bonds is 4. The molecule has 1 heterocycles. The SMILES string of the molecule is COc1ccccc1C(=O)C[S+]1CCOCC1. The minimum Gasteiger partial charge on any atom is -0.496 e. The van der Waals surface area contributed by atoms with E-state index in [0.717, 1.165) is 24.7 Å². The van der Waals surface area contributed by atoms with E-state index >= 15 is 0 Å². The van der Waals surface area contributed by atoms with Crippen LogP contribution in [-0.4, -0.2) is 43.4 Å². The van der Waals surface area contributed by atoms with Gasteiger partial charge in [0, 0.05) is 10.9 Å². The zero-order valence-corrected chi connectivity index (χ0v) is 10.8. The Balaban J connectivity index is 2.03. The molecule has 1 aromatic carbocycles. The third-order valence-corrected chi connectivity index (χ3v) is 4.93. The van der Waals surface area contributed by atoms with Gasteiger partial charge in [0.1, 0.15) is 17.3 Å². The van der Waals surface area contributed by atoms with Crippen molar-refractivity contribution in [2.24, 2.45) is 0 Å². The number of benzene rings is 1. The number of ketones is 1. The van der Waals surface area contributed by atoms with Gasteiger partial charge in [-0.05, 0) is 12.1 Å². The molecule has 92 valence electrons. The highest BCUT2D eigenvalue weighted by Gasteiger charge is 2.27. The van der Waals surface area contributed by atoms with Crippen LogP contribution in [0.25, 0.3) is 0 Å². The van der Waals surface area contributed by atoms with Crippen LogP contribution >= 0.6 is 0 Å². The molecule has 0 N–H and O–H groups in total. The van der Waals surface area contributed by atoms with E-state index in [1.165, 1.54) is 0 Å². The molecule has 1 fully saturated rings. The maximum Gasteiger partial charge on any atom is 0.215 e. The van der Waals surface area contributed by atoms with Crippen LogP contribution in [0.15, 0.2) is 24.3 Å². The standard InChI is InChI=1S/C13H17O3S/c1-15-13-5-3-2-4-11(13)12(14)10-17-8-6-16-7-9-17/h2-5H,6-10H2,1H3/q+1. The first-order valence-electron chi connectivity index (χ1n) is 5.69. The maximum atomic E-state index is 12.2. The number of hydrogen-bond donors (Lipinski definition) is 0. The molecule has 0 spiro atoms. The van der Waals surface area contributed by atoms with E-state index in [1.807, 2.05) is 24.3 Å². The minimum absolute atomic E-state index is 0.184. The van der Waals surface area contributed by atoms with Crippen LogP contribution < -0.4 is 4.74 Å². The van der Waals surface area contributed by atoms with Gasteiger partial charge in [0.05, 0.1) is 25.9 Å². The molecule has 0 aromatic heterocycles. The molecular formula is C13H17O3S+. The number of carbonyl (C=O) groups excluding carboxylic acids is 1. The van der Waals surface area contributed by atoms with Gasteiger partial charge in [0.2, 0.25) is 5.78 Å². The number of Topliss-reactive ketones (excluding diaryl/α,β-unsaturated/α-hetero) is 1. The molecule has 0 unspecified atom stereocenters. The van der Waals surface area contributed by atoms with Crippen LogP contribution in [0.5, 0.6) is 5.75 Å². The van der Waals surface area contributed by atoms with Crippen molar-refractivity contribution in [3.05, 3.63) is 29.8 Å². The second-order valence-corrected chi connectivity index (χ2v) is 6.23. The Morgan fingerprint density at radius 3 is 2.76 bits per heavy atom. The van der Waals surface area contributed by atoms with Gasteiger partial charge in [-0.25, -0.2) is 0 Å². The Labute approximate surface area is 104 Å². The lowest BCUT2D eigenvalue weighted by atomic mass is 10.1. The summed E-state index contributed by atoms with van der Waals surface area (Å²) in [5.74, 6) is 3.52. The quantitative estimate of drug-likeness (QED) is 0.603. The molecule has 1 aromatic rings. The van der Waals surface area contributed by atoms with Gasteiger partial charge in [-0.3, -0.25) is 4.79 Å². The van der Waals surface area contributed by atoms with E-state index < -0.39 is 0 Å². The van der Waals surface area contributed by atoms with Crippen molar-refractivity contribution in [3.8, 4) is 5.75 Å². The third kappa shape index (κ3) is 3.23. The van der Waals surface area contributed by atoms with Crippen LogP contribution in [0.2, 0.25) is 0 Å². The molecule has 17 heavy (non-hydrogen) atoms. The zero-order valence-electron chi connectivity index (χ0n) is 9.98. The molecule has 0 bridgehead atoms. The van der Waals surface area contributed by atoms with Gasteiger partial charge in [-0.15, -0.1) is 0 Å². The molecule has 2 rings (SSSR count). The normalized spacial score (nSPS) is 16.8. The average Bonchev–Trinajstić information content (AvgIpc) is 2.40. The van der Waals surface area contributed by atoms with Crippen LogP contribution in [0.4, 0.5) is 0 Å². The largest absolute Gasteiger partial charge is 0.496 e. The zero-order chi connectivity index (χ0) is 12.1. The monoisotopic (exact) mass is 253 g/mol. The molecule has 1 saturated heterocycles. The number of ether oxygens (including phenoxy) is 2. The number of carbonyl (C=O) groups is 1. The summed E-state index contributed by atoms with van der Waals surface area (Å²) in [6.45, 7) is 1.59. The highest BCUT2D eigenvalue weighted by Crippen LogP contribution is 2.19. The summed E-state index contributed by atoms with van der Waals surface area (Å²) in [6.07, 6.45) is 0. The smallest absolute Gasteiger partial charge is 0.215 e. The molecule has 1 aliphatic heterocycles. The van der Waals surface area contributed by atoms with Crippen LogP contribution in [0, 0.1) is 0 Å². The Kier molecular flexibility index (Phi) is 4.45. The van der Waals surface area contributed by atoms with Gasteiger partial charge >= 0.3 is 0 Å². The molecule has 0 aliphatic carbocycles. The van der Waals surface area contributed by atoms with Crippen molar-refractivity contribution < 1.29 is 14.3 Å². The lowest BCUT2D eigenvalue weighted by Gasteiger charge is -2.14. The highest BCUT2D eigenvalue weighted by atomic mass is 32.2. The Morgan fingerprint density at radius 1 is 1.35 bits per heavy atom. The molecule has 0 saturated carbocycles. The summed E-state index contributed by atoms with van der Waals surface area (Å²) in [5.41, 5.74) is 0.703. The first-order valence-corrected chi connectivity index (χ1v) is 7.42. The fourth-order valence-electron chi connectivity index (χ4n) is 1.84.